The van der Waals surface area contributed by atoms with Crippen molar-refractivity contribution < 1.29 is 9.59 Å². The molecule has 0 bridgehead atoms. The summed E-state index contributed by atoms with van der Waals surface area (Å²) in [4.78, 5) is 27.0. The molecule has 0 N–H and O–H groups in total. The second kappa shape index (κ2) is 5.34. The molecule has 2 rings (SSSR count). The molecule has 2 aliphatic heterocycles. The summed E-state index contributed by atoms with van der Waals surface area (Å²) in [7, 11) is 0. The Kier molecular flexibility index (Phi) is 3.82. The molecule has 2 heterocycles. The van der Waals surface area contributed by atoms with Crippen molar-refractivity contribution in [2.75, 3.05) is 26.2 Å². The summed E-state index contributed by atoms with van der Waals surface area (Å²) in [5.41, 5.74) is 1.36. The average Bonchev–Trinajstić information content (AvgIpc) is 2.73. The molecule has 4 nitrogen and oxygen atoms in total. The highest BCUT2D eigenvalue weighted by Crippen LogP contribution is 2.13. The Morgan fingerprint density at radius 2 is 2.18 bits per heavy atom. The van der Waals surface area contributed by atoms with E-state index in [1.807, 2.05) is 9.80 Å². The van der Waals surface area contributed by atoms with Gasteiger partial charge in [-0.3, -0.25) is 9.59 Å². The fourth-order valence-electron chi connectivity index (χ4n) is 2.33. The number of carbonyl (C=O) groups is 2. The van der Waals surface area contributed by atoms with E-state index in [-0.39, 0.29) is 11.8 Å². The van der Waals surface area contributed by atoms with Crippen LogP contribution in [0.15, 0.2) is 11.6 Å². The minimum Gasteiger partial charge on any atom is -0.342 e. The minimum atomic E-state index is 0.174. The van der Waals surface area contributed by atoms with Gasteiger partial charge in [-0.25, -0.2) is 0 Å². The summed E-state index contributed by atoms with van der Waals surface area (Å²) >= 11 is 0. The van der Waals surface area contributed by atoms with Gasteiger partial charge in [0.05, 0.1) is 0 Å². The molecule has 0 aromatic rings. The standard InChI is InChI=1S/C13H20N2O2/c1-11-4-8-15(9-5-11)13(17)6-10-14-7-2-3-12(14)16/h4H,2-3,5-10H2,1H3. The van der Waals surface area contributed by atoms with Crippen molar-refractivity contribution in [2.45, 2.75) is 32.6 Å². The first-order valence-electron chi connectivity index (χ1n) is 6.38. The molecule has 2 aliphatic rings. The van der Waals surface area contributed by atoms with E-state index in [9.17, 15) is 9.59 Å². The second-order valence-electron chi connectivity index (χ2n) is 4.87. The van der Waals surface area contributed by atoms with Crippen molar-refractivity contribution in [3.8, 4) is 0 Å². The molecule has 17 heavy (non-hydrogen) atoms. The van der Waals surface area contributed by atoms with E-state index < -0.39 is 0 Å². The van der Waals surface area contributed by atoms with Crippen LogP contribution in [0, 0.1) is 0 Å². The smallest absolute Gasteiger partial charge is 0.224 e. The monoisotopic (exact) mass is 236 g/mol. The molecule has 0 radical (unpaired) electrons. The van der Waals surface area contributed by atoms with E-state index >= 15 is 0 Å². The Labute approximate surface area is 102 Å². The van der Waals surface area contributed by atoms with Crippen LogP contribution in [-0.2, 0) is 9.59 Å². The lowest BCUT2D eigenvalue weighted by Crippen LogP contribution is -2.37. The Bertz CT molecular complexity index is 349. The second-order valence-corrected chi connectivity index (χ2v) is 4.87. The molecular weight excluding hydrogens is 216 g/mol. The highest BCUT2D eigenvalue weighted by molar-refractivity contribution is 5.80. The molecular formula is C13H20N2O2. The highest BCUT2D eigenvalue weighted by atomic mass is 16.2. The van der Waals surface area contributed by atoms with Gasteiger partial charge in [-0.1, -0.05) is 11.6 Å². The van der Waals surface area contributed by atoms with Crippen molar-refractivity contribution in [1.29, 1.82) is 0 Å². The van der Waals surface area contributed by atoms with E-state index in [0.29, 0.717) is 19.4 Å². The first-order chi connectivity index (χ1) is 8.16. The predicted octanol–water partition coefficient (Wildman–Crippen LogP) is 1.18. The maximum absolute atomic E-state index is 11.9. The molecule has 2 amide bonds. The fourth-order valence-corrected chi connectivity index (χ4v) is 2.33. The van der Waals surface area contributed by atoms with Crippen molar-refractivity contribution in [2.24, 2.45) is 0 Å². The summed E-state index contributed by atoms with van der Waals surface area (Å²) in [5, 5.41) is 0. The number of rotatable bonds is 3. The molecule has 0 spiro atoms. The third kappa shape index (κ3) is 3.08. The Morgan fingerprint density at radius 1 is 1.35 bits per heavy atom. The molecule has 0 aromatic heterocycles. The van der Waals surface area contributed by atoms with Crippen LogP contribution in [0.4, 0.5) is 0 Å². The van der Waals surface area contributed by atoms with Gasteiger partial charge < -0.3 is 9.80 Å². The van der Waals surface area contributed by atoms with Gasteiger partial charge in [-0.15, -0.1) is 0 Å². The van der Waals surface area contributed by atoms with Crippen LogP contribution in [0.25, 0.3) is 0 Å². The number of likely N-dealkylation sites (tertiary alicyclic amines) is 1. The summed E-state index contributed by atoms with van der Waals surface area (Å²) in [6.07, 6.45) is 5.16. The van der Waals surface area contributed by atoms with Crippen LogP contribution in [0.1, 0.15) is 32.6 Å². The van der Waals surface area contributed by atoms with E-state index in [2.05, 4.69) is 13.0 Å². The van der Waals surface area contributed by atoms with Gasteiger partial charge in [-0.05, 0) is 19.8 Å². The van der Waals surface area contributed by atoms with Gasteiger partial charge in [0.25, 0.3) is 0 Å². The Morgan fingerprint density at radius 3 is 2.76 bits per heavy atom. The molecule has 1 saturated heterocycles. The molecule has 4 heteroatoms. The minimum absolute atomic E-state index is 0.174. The lowest BCUT2D eigenvalue weighted by Gasteiger charge is -2.26. The molecule has 0 unspecified atom stereocenters. The summed E-state index contributed by atoms with van der Waals surface area (Å²) in [6.45, 7) is 5.08. The number of amides is 2. The zero-order chi connectivity index (χ0) is 12.3. The van der Waals surface area contributed by atoms with Crippen LogP contribution in [-0.4, -0.2) is 47.8 Å². The first-order valence-corrected chi connectivity index (χ1v) is 6.38. The predicted molar refractivity (Wildman–Crippen MR) is 65.4 cm³/mol. The lowest BCUT2D eigenvalue weighted by atomic mass is 10.1. The molecule has 1 fully saturated rings. The lowest BCUT2D eigenvalue weighted by molar-refractivity contribution is -0.132. The molecule has 0 aliphatic carbocycles. The fraction of sp³-hybridized carbons (Fsp3) is 0.692. The largest absolute Gasteiger partial charge is 0.342 e. The van der Waals surface area contributed by atoms with E-state index in [1.165, 1.54) is 5.57 Å². The van der Waals surface area contributed by atoms with Gasteiger partial charge in [0, 0.05) is 39.0 Å². The number of hydrogen-bond donors (Lipinski definition) is 0. The van der Waals surface area contributed by atoms with E-state index in [0.717, 1.165) is 32.5 Å². The van der Waals surface area contributed by atoms with Gasteiger partial charge in [-0.2, -0.15) is 0 Å². The third-order valence-electron chi connectivity index (χ3n) is 3.56. The average molecular weight is 236 g/mol. The van der Waals surface area contributed by atoms with Crippen molar-refractivity contribution >= 4 is 11.8 Å². The molecule has 94 valence electrons. The summed E-state index contributed by atoms with van der Waals surface area (Å²) < 4.78 is 0. The number of hydrogen-bond acceptors (Lipinski definition) is 2. The number of carbonyl (C=O) groups excluding carboxylic acids is 2. The molecule has 0 aromatic carbocycles. The van der Waals surface area contributed by atoms with Crippen molar-refractivity contribution in [1.82, 2.24) is 9.80 Å². The summed E-state index contributed by atoms with van der Waals surface area (Å²) in [6, 6.07) is 0. The SMILES string of the molecule is CC1=CCN(C(=O)CCN2CCCC2=O)CC1. The van der Waals surface area contributed by atoms with Crippen molar-refractivity contribution in [3.63, 3.8) is 0 Å². The van der Waals surface area contributed by atoms with Gasteiger partial charge in [0.2, 0.25) is 11.8 Å². The van der Waals surface area contributed by atoms with Crippen LogP contribution in [0.5, 0.6) is 0 Å². The zero-order valence-corrected chi connectivity index (χ0v) is 10.4. The Balaban J connectivity index is 1.76. The van der Waals surface area contributed by atoms with Gasteiger partial charge in [0.15, 0.2) is 0 Å². The van der Waals surface area contributed by atoms with Crippen molar-refractivity contribution in [3.05, 3.63) is 11.6 Å². The third-order valence-corrected chi connectivity index (χ3v) is 3.56. The maximum atomic E-state index is 11.9. The normalized spacial score (nSPS) is 20.8. The van der Waals surface area contributed by atoms with E-state index in [1.54, 1.807) is 0 Å². The Hall–Kier alpha value is -1.32. The van der Waals surface area contributed by atoms with Crippen LogP contribution in [0.2, 0.25) is 0 Å². The maximum Gasteiger partial charge on any atom is 0.224 e. The van der Waals surface area contributed by atoms with Gasteiger partial charge in [0.1, 0.15) is 0 Å². The van der Waals surface area contributed by atoms with E-state index in [4.69, 9.17) is 0 Å². The molecule has 0 atom stereocenters. The topological polar surface area (TPSA) is 40.6 Å². The highest BCUT2D eigenvalue weighted by Gasteiger charge is 2.22. The van der Waals surface area contributed by atoms with Crippen LogP contribution in [0.3, 0.4) is 0 Å². The quantitative estimate of drug-likeness (QED) is 0.690. The van der Waals surface area contributed by atoms with Crippen LogP contribution < -0.4 is 0 Å². The first kappa shape index (κ1) is 12.1. The number of nitrogens with zero attached hydrogens (tertiary/aromatic N) is 2. The molecule has 0 saturated carbocycles. The van der Waals surface area contributed by atoms with Crippen LogP contribution >= 0.6 is 0 Å². The van der Waals surface area contributed by atoms with Gasteiger partial charge >= 0.3 is 0 Å². The summed E-state index contributed by atoms with van der Waals surface area (Å²) in [5.74, 6) is 0.376. The zero-order valence-electron chi connectivity index (χ0n) is 10.4.